The minimum Gasteiger partial charge on any atom is -0.462 e. The molecule has 0 saturated heterocycles. The molecule has 1 unspecified atom stereocenters. The summed E-state index contributed by atoms with van der Waals surface area (Å²) in [5, 5.41) is 9.16. The monoisotopic (exact) mass is 243 g/mol. The Morgan fingerprint density at radius 2 is 2.25 bits per heavy atom. The lowest BCUT2D eigenvalue weighted by molar-refractivity contribution is 0.0405. The van der Waals surface area contributed by atoms with Gasteiger partial charge in [-0.1, -0.05) is 18.5 Å². The van der Waals surface area contributed by atoms with Crippen molar-refractivity contribution in [2.24, 2.45) is 5.92 Å². The van der Waals surface area contributed by atoms with Gasteiger partial charge in [0.1, 0.15) is 0 Å². The number of rotatable bonds is 4. The first kappa shape index (κ1) is 12.8. The number of carbonyl (C=O) groups excluding carboxylic acids is 1. The summed E-state index contributed by atoms with van der Waals surface area (Å²) in [6.45, 7) is 1.92. The molecule has 0 aliphatic heterocycles. The lowest BCUT2D eigenvalue weighted by Crippen LogP contribution is -2.14. The summed E-state index contributed by atoms with van der Waals surface area (Å²) in [7, 11) is 0. The Morgan fingerprint density at radius 1 is 1.56 bits per heavy atom. The van der Waals surface area contributed by atoms with E-state index < -0.39 is 5.97 Å². The minimum absolute atomic E-state index is 0.0229. The molecule has 1 aromatic rings. The number of halogens is 1. The second-order valence-electron chi connectivity index (χ2n) is 3.66. The quantitative estimate of drug-likeness (QED) is 0.624. The van der Waals surface area contributed by atoms with Crippen molar-refractivity contribution < 1.29 is 14.6 Å². The van der Waals surface area contributed by atoms with Gasteiger partial charge in [-0.25, -0.2) is 4.79 Å². The highest BCUT2D eigenvalue weighted by Gasteiger charge is 2.10. The summed E-state index contributed by atoms with van der Waals surface area (Å²) >= 11 is 5.76. The van der Waals surface area contributed by atoms with E-state index in [4.69, 9.17) is 27.2 Å². The van der Waals surface area contributed by atoms with Crippen LogP contribution < -0.4 is 5.73 Å². The van der Waals surface area contributed by atoms with Crippen LogP contribution in [0.3, 0.4) is 0 Å². The number of benzene rings is 1. The molecule has 1 rings (SSSR count). The van der Waals surface area contributed by atoms with E-state index in [0.717, 1.165) is 0 Å². The van der Waals surface area contributed by atoms with Gasteiger partial charge in [0.2, 0.25) is 0 Å². The van der Waals surface area contributed by atoms with Gasteiger partial charge in [-0.2, -0.15) is 0 Å². The molecule has 0 heterocycles. The maximum Gasteiger partial charge on any atom is 0.338 e. The molecule has 16 heavy (non-hydrogen) atoms. The van der Waals surface area contributed by atoms with Gasteiger partial charge in [0.05, 0.1) is 12.2 Å². The molecule has 4 nitrogen and oxygen atoms in total. The summed E-state index contributed by atoms with van der Waals surface area (Å²) in [6, 6.07) is 4.54. The highest BCUT2D eigenvalue weighted by atomic mass is 35.5. The van der Waals surface area contributed by atoms with Gasteiger partial charge in [-0.05, 0) is 18.2 Å². The van der Waals surface area contributed by atoms with Gasteiger partial charge in [-0.15, -0.1) is 0 Å². The summed E-state index contributed by atoms with van der Waals surface area (Å²) < 4.78 is 4.98. The maximum absolute atomic E-state index is 11.6. The predicted octanol–water partition coefficient (Wildman–Crippen LogP) is 1.71. The van der Waals surface area contributed by atoms with Crippen LogP contribution in [0.1, 0.15) is 17.3 Å². The smallest absolute Gasteiger partial charge is 0.338 e. The Morgan fingerprint density at radius 3 is 2.81 bits per heavy atom. The zero-order valence-electron chi connectivity index (χ0n) is 8.94. The summed E-state index contributed by atoms with van der Waals surface area (Å²) in [6.07, 6.45) is 0. The fraction of sp³-hybridized carbons (Fsp3) is 0.364. The standard InChI is InChI=1S/C11H14ClNO3/c1-7(5-14)6-16-11(15)8-2-9(12)4-10(13)3-8/h2-4,7,14H,5-6,13H2,1H3. The molecule has 0 spiro atoms. The number of hydrogen-bond acceptors (Lipinski definition) is 4. The van der Waals surface area contributed by atoms with E-state index in [1.165, 1.54) is 12.1 Å². The number of anilines is 1. The van der Waals surface area contributed by atoms with E-state index in [9.17, 15) is 4.79 Å². The minimum atomic E-state index is -0.491. The van der Waals surface area contributed by atoms with Crippen LogP contribution in [0.4, 0.5) is 5.69 Å². The third kappa shape index (κ3) is 3.72. The van der Waals surface area contributed by atoms with Crippen LogP contribution in [0.25, 0.3) is 0 Å². The molecule has 0 aliphatic carbocycles. The molecular formula is C11H14ClNO3. The normalized spacial score (nSPS) is 12.2. The van der Waals surface area contributed by atoms with Gasteiger partial charge in [0.25, 0.3) is 0 Å². The van der Waals surface area contributed by atoms with Crippen molar-refractivity contribution in [3.63, 3.8) is 0 Å². The number of nitrogen functional groups attached to an aromatic ring is 1. The second kappa shape index (κ2) is 5.72. The molecule has 1 atom stereocenters. The molecule has 0 saturated carbocycles. The number of aliphatic hydroxyl groups excluding tert-OH is 1. The summed E-state index contributed by atoms with van der Waals surface area (Å²) in [5.41, 5.74) is 6.27. The van der Waals surface area contributed by atoms with Crippen LogP contribution in [-0.4, -0.2) is 24.3 Å². The molecule has 0 aromatic heterocycles. The molecule has 0 radical (unpaired) electrons. The van der Waals surface area contributed by atoms with Crippen molar-refractivity contribution in [2.45, 2.75) is 6.92 Å². The number of aliphatic hydroxyl groups is 1. The second-order valence-corrected chi connectivity index (χ2v) is 4.10. The van der Waals surface area contributed by atoms with Crippen LogP contribution in [0.5, 0.6) is 0 Å². The van der Waals surface area contributed by atoms with Crippen LogP contribution in [0.15, 0.2) is 18.2 Å². The molecule has 5 heteroatoms. The molecule has 1 aromatic carbocycles. The number of esters is 1. The molecular weight excluding hydrogens is 230 g/mol. The van der Waals surface area contributed by atoms with Crippen LogP contribution >= 0.6 is 11.6 Å². The first-order valence-electron chi connectivity index (χ1n) is 4.87. The number of hydrogen-bond donors (Lipinski definition) is 2. The van der Waals surface area contributed by atoms with Crippen molar-refractivity contribution in [3.05, 3.63) is 28.8 Å². The van der Waals surface area contributed by atoms with Gasteiger partial charge in [0, 0.05) is 23.2 Å². The van der Waals surface area contributed by atoms with Crippen molar-refractivity contribution in [1.82, 2.24) is 0 Å². The maximum atomic E-state index is 11.6. The highest BCUT2D eigenvalue weighted by molar-refractivity contribution is 6.31. The van der Waals surface area contributed by atoms with E-state index in [0.29, 0.717) is 16.3 Å². The molecule has 88 valence electrons. The van der Waals surface area contributed by atoms with E-state index in [1.54, 1.807) is 13.0 Å². The largest absolute Gasteiger partial charge is 0.462 e. The lowest BCUT2D eigenvalue weighted by atomic mass is 10.2. The fourth-order valence-electron chi connectivity index (χ4n) is 1.08. The first-order chi connectivity index (χ1) is 7.52. The number of nitrogens with two attached hydrogens (primary N) is 1. The van der Waals surface area contributed by atoms with E-state index in [-0.39, 0.29) is 19.1 Å². The van der Waals surface area contributed by atoms with Crippen molar-refractivity contribution in [1.29, 1.82) is 0 Å². The summed E-state index contributed by atoms with van der Waals surface area (Å²) in [5.74, 6) is -0.574. The fourth-order valence-corrected chi connectivity index (χ4v) is 1.33. The van der Waals surface area contributed by atoms with E-state index >= 15 is 0 Å². The SMILES string of the molecule is CC(CO)COC(=O)c1cc(N)cc(Cl)c1. The first-order valence-corrected chi connectivity index (χ1v) is 5.24. The zero-order valence-corrected chi connectivity index (χ0v) is 9.70. The van der Waals surface area contributed by atoms with Crippen LogP contribution in [0, 0.1) is 5.92 Å². The number of ether oxygens (including phenoxy) is 1. The van der Waals surface area contributed by atoms with Crippen molar-refractivity contribution >= 4 is 23.3 Å². The Balaban J connectivity index is 2.66. The van der Waals surface area contributed by atoms with Gasteiger partial charge in [0.15, 0.2) is 0 Å². The Labute approximate surface area is 99.0 Å². The highest BCUT2D eigenvalue weighted by Crippen LogP contribution is 2.17. The average molecular weight is 244 g/mol. The lowest BCUT2D eigenvalue weighted by Gasteiger charge is -2.09. The topological polar surface area (TPSA) is 72.5 Å². The Kier molecular flexibility index (Phi) is 4.58. The predicted molar refractivity (Wildman–Crippen MR) is 62.4 cm³/mol. The third-order valence-electron chi connectivity index (χ3n) is 1.97. The van der Waals surface area contributed by atoms with Crippen LogP contribution in [0.2, 0.25) is 5.02 Å². The molecule has 0 aliphatic rings. The van der Waals surface area contributed by atoms with E-state index in [2.05, 4.69) is 0 Å². The third-order valence-corrected chi connectivity index (χ3v) is 2.18. The van der Waals surface area contributed by atoms with Gasteiger partial charge in [-0.3, -0.25) is 0 Å². The molecule has 0 amide bonds. The molecule has 0 bridgehead atoms. The van der Waals surface area contributed by atoms with Crippen LogP contribution in [-0.2, 0) is 4.74 Å². The van der Waals surface area contributed by atoms with Crippen molar-refractivity contribution in [2.75, 3.05) is 18.9 Å². The molecule has 0 fully saturated rings. The van der Waals surface area contributed by atoms with Crippen molar-refractivity contribution in [3.8, 4) is 0 Å². The van der Waals surface area contributed by atoms with E-state index in [1.807, 2.05) is 0 Å². The van der Waals surface area contributed by atoms with Gasteiger partial charge >= 0.3 is 5.97 Å². The Hall–Kier alpha value is -1.26. The zero-order chi connectivity index (χ0) is 12.1. The Bertz CT molecular complexity index is 361. The number of carbonyl (C=O) groups is 1. The molecule has 3 N–H and O–H groups in total. The average Bonchev–Trinajstić information content (AvgIpc) is 2.23. The summed E-state index contributed by atoms with van der Waals surface area (Å²) in [4.78, 5) is 11.6. The van der Waals surface area contributed by atoms with Gasteiger partial charge < -0.3 is 15.6 Å².